The Morgan fingerprint density at radius 1 is 1.15 bits per heavy atom. The third-order valence-corrected chi connectivity index (χ3v) is 4.70. The lowest BCUT2D eigenvalue weighted by molar-refractivity contribution is 0.0512. The summed E-state index contributed by atoms with van der Waals surface area (Å²) in [5.41, 5.74) is 0.629. The first-order chi connectivity index (χ1) is 12.4. The second kappa shape index (κ2) is 8.75. The van der Waals surface area contributed by atoms with Crippen LogP contribution in [0, 0.1) is 0 Å². The fourth-order valence-corrected chi connectivity index (χ4v) is 2.94. The predicted molar refractivity (Wildman–Crippen MR) is 99.5 cm³/mol. The average Bonchev–Trinajstić information content (AvgIpc) is 3.05. The third-order valence-electron chi connectivity index (χ3n) is 3.66. The summed E-state index contributed by atoms with van der Waals surface area (Å²) >= 11 is 0. The molecule has 0 atom stereocenters. The molecule has 0 unspecified atom stereocenters. The highest BCUT2D eigenvalue weighted by molar-refractivity contribution is 7.95. The van der Waals surface area contributed by atoms with Crippen LogP contribution in [0.1, 0.15) is 27.8 Å². The van der Waals surface area contributed by atoms with Crippen LogP contribution in [0.15, 0.2) is 29.3 Å². The van der Waals surface area contributed by atoms with Crippen LogP contribution < -0.4 is 9.47 Å². The molecule has 1 aromatic heterocycles. The number of benzene rings is 1. The Labute approximate surface area is 155 Å². The number of hydrogen-bond acceptors (Lipinski definition) is 6. The van der Waals surface area contributed by atoms with E-state index in [-0.39, 0.29) is 35.5 Å². The largest absolute Gasteiger partial charge is 0.497 e. The van der Waals surface area contributed by atoms with Crippen molar-refractivity contribution in [3.8, 4) is 11.5 Å². The second-order valence-electron chi connectivity index (χ2n) is 5.55. The van der Waals surface area contributed by atoms with Crippen molar-refractivity contribution in [3.63, 3.8) is 0 Å². The summed E-state index contributed by atoms with van der Waals surface area (Å²) in [6.07, 6.45) is 3.99. The van der Waals surface area contributed by atoms with Crippen molar-refractivity contribution in [2.24, 2.45) is 0 Å². The van der Waals surface area contributed by atoms with Gasteiger partial charge in [-0.2, -0.15) is 0 Å². The van der Waals surface area contributed by atoms with E-state index in [1.165, 1.54) is 18.9 Å². The van der Waals surface area contributed by atoms with Gasteiger partial charge < -0.3 is 14.2 Å². The number of esters is 1. The highest BCUT2D eigenvalue weighted by atomic mass is 32.2. The minimum atomic E-state index is -0.498. The van der Waals surface area contributed by atoms with Gasteiger partial charge in [0.15, 0.2) is 11.5 Å². The van der Waals surface area contributed by atoms with E-state index >= 15 is 0 Å². The Bertz CT molecular complexity index is 801. The first-order valence-corrected chi connectivity index (χ1v) is 10.0. The molecule has 0 aliphatic rings. The number of nitrogens with zero attached hydrogens (tertiary/aromatic N) is 2. The summed E-state index contributed by atoms with van der Waals surface area (Å²) in [5.74, 6) is 0.242. The zero-order valence-electron chi connectivity index (χ0n) is 15.6. The highest BCUT2D eigenvalue weighted by Gasteiger charge is 2.25. The van der Waals surface area contributed by atoms with Crippen LogP contribution in [0.2, 0.25) is 0 Å². The van der Waals surface area contributed by atoms with Gasteiger partial charge in [-0.25, -0.2) is 9.48 Å². The number of ketones is 1. The van der Waals surface area contributed by atoms with Gasteiger partial charge >= 0.3 is 5.97 Å². The van der Waals surface area contributed by atoms with Crippen LogP contribution in [-0.2, 0) is 22.2 Å². The van der Waals surface area contributed by atoms with E-state index in [4.69, 9.17) is 14.2 Å². The van der Waals surface area contributed by atoms with E-state index < -0.39 is 5.97 Å². The van der Waals surface area contributed by atoms with Crippen molar-refractivity contribution >= 4 is 22.6 Å². The van der Waals surface area contributed by atoms with Gasteiger partial charge in [-0.1, -0.05) is 0 Å². The molecule has 0 radical (unpaired) electrons. The molecule has 0 saturated heterocycles. The maximum absolute atomic E-state index is 12.8. The Morgan fingerprint density at radius 2 is 1.88 bits per heavy atom. The standard InChI is InChI=1S/C18H23N2O5S/c1-6-25-18(22)14-10-17(26(4)5)19-20(14)11-15(21)13-9-12(23-2)7-8-16(13)24-3/h7-10H,6,11H2,1-5H3/q+1. The van der Waals surface area contributed by atoms with Crippen molar-refractivity contribution in [2.75, 3.05) is 33.3 Å². The summed E-state index contributed by atoms with van der Waals surface area (Å²) in [5, 5.41) is 5.16. The van der Waals surface area contributed by atoms with Crippen molar-refractivity contribution in [1.82, 2.24) is 9.78 Å². The molecule has 0 saturated carbocycles. The Balaban J connectivity index is 2.38. The molecule has 0 spiro atoms. The lowest BCUT2D eigenvalue weighted by Crippen LogP contribution is -2.19. The monoisotopic (exact) mass is 379 g/mol. The van der Waals surface area contributed by atoms with Gasteiger partial charge in [0.05, 0.1) is 26.4 Å². The maximum atomic E-state index is 12.8. The molecule has 1 aromatic carbocycles. The van der Waals surface area contributed by atoms with Gasteiger partial charge in [-0.3, -0.25) is 4.79 Å². The van der Waals surface area contributed by atoms with Crippen LogP contribution in [0.25, 0.3) is 0 Å². The lowest BCUT2D eigenvalue weighted by Gasteiger charge is -2.10. The average molecular weight is 379 g/mol. The van der Waals surface area contributed by atoms with E-state index in [1.54, 1.807) is 31.2 Å². The molecule has 2 aromatic rings. The third kappa shape index (κ3) is 4.37. The molecule has 0 aliphatic heterocycles. The minimum Gasteiger partial charge on any atom is -0.497 e. The van der Waals surface area contributed by atoms with E-state index in [0.717, 1.165) is 5.03 Å². The van der Waals surface area contributed by atoms with Gasteiger partial charge in [0.1, 0.15) is 30.6 Å². The first-order valence-electron chi connectivity index (χ1n) is 7.99. The molecular weight excluding hydrogens is 356 g/mol. The van der Waals surface area contributed by atoms with Crippen LogP contribution in [0.4, 0.5) is 0 Å². The quantitative estimate of drug-likeness (QED) is 0.397. The number of Topliss-reactive ketones (excluding diaryl/α,β-unsaturated/α-hetero) is 1. The first kappa shape index (κ1) is 19.8. The molecule has 26 heavy (non-hydrogen) atoms. The Kier molecular flexibility index (Phi) is 6.68. The van der Waals surface area contributed by atoms with E-state index in [2.05, 4.69) is 5.10 Å². The highest BCUT2D eigenvalue weighted by Crippen LogP contribution is 2.25. The second-order valence-corrected chi connectivity index (χ2v) is 7.60. The SMILES string of the molecule is CCOC(=O)c1cc([S+](C)C)nn1CC(=O)c1cc(OC)ccc1OC. The van der Waals surface area contributed by atoms with Crippen LogP contribution in [-0.4, -0.2) is 54.9 Å². The van der Waals surface area contributed by atoms with E-state index in [9.17, 15) is 9.59 Å². The number of rotatable bonds is 8. The van der Waals surface area contributed by atoms with Crippen LogP contribution >= 0.6 is 0 Å². The number of carbonyl (C=O) groups is 2. The summed E-state index contributed by atoms with van der Waals surface area (Å²) in [6, 6.07) is 6.67. The van der Waals surface area contributed by atoms with Gasteiger partial charge in [-0.15, -0.1) is 5.10 Å². The van der Waals surface area contributed by atoms with E-state index in [0.29, 0.717) is 17.1 Å². The molecule has 1 heterocycles. The summed E-state index contributed by atoms with van der Waals surface area (Å²) in [6.45, 7) is 1.88. The molecule has 0 N–H and O–H groups in total. The maximum Gasteiger partial charge on any atom is 0.356 e. The molecule has 0 bridgehead atoms. The van der Waals surface area contributed by atoms with Gasteiger partial charge in [0, 0.05) is 17.0 Å². The molecule has 140 valence electrons. The summed E-state index contributed by atoms with van der Waals surface area (Å²) in [7, 11) is 2.87. The fraction of sp³-hybridized carbons (Fsp3) is 0.389. The Hall–Kier alpha value is -2.48. The molecule has 0 fully saturated rings. The zero-order valence-corrected chi connectivity index (χ0v) is 16.4. The summed E-state index contributed by atoms with van der Waals surface area (Å²) < 4.78 is 16.9. The number of carbonyl (C=O) groups excluding carboxylic acids is 2. The Morgan fingerprint density at radius 3 is 2.46 bits per heavy atom. The number of ether oxygens (including phenoxy) is 3. The predicted octanol–water partition coefficient (Wildman–Crippen LogP) is 2.20. The molecular formula is C18H23N2O5S+. The molecule has 0 aliphatic carbocycles. The van der Waals surface area contributed by atoms with Gasteiger partial charge in [0.25, 0.3) is 5.03 Å². The smallest absolute Gasteiger partial charge is 0.356 e. The van der Waals surface area contributed by atoms with Crippen LogP contribution in [0.5, 0.6) is 11.5 Å². The van der Waals surface area contributed by atoms with Crippen molar-refractivity contribution < 1.29 is 23.8 Å². The topological polar surface area (TPSA) is 79.7 Å². The minimum absolute atomic E-state index is 0.102. The molecule has 8 heteroatoms. The van der Waals surface area contributed by atoms with Crippen LogP contribution in [0.3, 0.4) is 0 Å². The lowest BCUT2D eigenvalue weighted by atomic mass is 10.1. The van der Waals surface area contributed by atoms with Crippen molar-refractivity contribution in [1.29, 1.82) is 0 Å². The van der Waals surface area contributed by atoms with Gasteiger partial charge in [-0.05, 0) is 25.1 Å². The molecule has 2 rings (SSSR count). The fourth-order valence-electron chi connectivity index (χ4n) is 2.34. The molecule has 7 nitrogen and oxygen atoms in total. The summed E-state index contributed by atoms with van der Waals surface area (Å²) in [4.78, 5) is 25.0. The number of aromatic nitrogens is 2. The van der Waals surface area contributed by atoms with Gasteiger partial charge in [0.2, 0.25) is 0 Å². The number of methoxy groups -OCH3 is 2. The van der Waals surface area contributed by atoms with Crippen molar-refractivity contribution in [3.05, 3.63) is 35.5 Å². The molecule has 0 amide bonds. The normalized spacial score (nSPS) is 10.7. The number of hydrogen-bond donors (Lipinski definition) is 0. The van der Waals surface area contributed by atoms with E-state index in [1.807, 2.05) is 12.5 Å². The van der Waals surface area contributed by atoms with Crippen molar-refractivity contribution in [2.45, 2.75) is 18.5 Å². The zero-order chi connectivity index (χ0) is 19.3.